The minimum Gasteiger partial charge on any atom is -0.505 e. The molecule has 0 spiro atoms. The first-order chi connectivity index (χ1) is 16.9. The first-order valence-corrected chi connectivity index (χ1v) is 13.0. The van der Waals surface area contributed by atoms with Gasteiger partial charge in [0.2, 0.25) is 0 Å². The Balaban J connectivity index is 2.59. The molecule has 8 nitrogen and oxygen atoms in total. The number of carbonyl (C=O) groups excluding carboxylic acids is 2. The molecule has 0 bridgehead atoms. The maximum Gasteiger partial charge on any atom is 0.434 e. The van der Waals surface area contributed by atoms with E-state index in [1.165, 1.54) is 13.2 Å². The third-order valence-corrected chi connectivity index (χ3v) is 6.08. The number of methoxy groups -OCH3 is 1. The second-order valence-electron chi connectivity index (χ2n) is 8.51. The summed E-state index contributed by atoms with van der Waals surface area (Å²) in [7, 11) is 1.18. The Morgan fingerprint density at radius 2 is 1.92 bits per heavy atom. The summed E-state index contributed by atoms with van der Waals surface area (Å²) in [6.45, 7) is 7.30. The third-order valence-electron chi connectivity index (χ3n) is 4.63. The van der Waals surface area contributed by atoms with E-state index in [0.717, 1.165) is 11.8 Å². The molecule has 36 heavy (non-hydrogen) atoms. The molecule has 0 aliphatic heterocycles. The van der Waals surface area contributed by atoms with Crippen LogP contribution in [-0.4, -0.2) is 47.0 Å². The van der Waals surface area contributed by atoms with Crippen LogP contribution in [0, 0.1) is 5.82 Å². The first-order valence-electron chi connectivity index (χ1n) is 10.9. The van der Waals surface area contributed by atoms with Crippen LogP contribution in [0.1, 0.15) is 44.4 Å². The Morgan fingerprint density at radius 1 is 1.22 bits per heavy atom. The lowest BCUT2D eigenvalue weighted by Gasteiger charge is -2.20. The van der Waals surface area contributed by atoms with Gasteiger partial charge in [-0.3, -0.25) is 0 Å². The van der Waals surface area contributed by atoms with E-state index in [1.54, 1.807) is 51.3 Å². The minimum atomic E-state index is -0.888. The number of hydrogen-bond acceptors (Lipinski definition) is 7. The van der Waals surface area contributed by atoms with Gasteiger partial charge in [0, 0.05) is 16.6 Å². The Hall–Kier alpha value is -2.92. The molecule has 2 aromatic rings. The molecule has 0 aromatic heterocycles. The number of alkyl carbamates (subject to hydrolysis) is 1. The summed E-state index contributed by atoms with van der Waals surface area (Å²) < 4.78 is 25.7. The van der Waals surface area contributed by atoms with Crippen molar-refractivity contribution in [3.8, 4) is 5.75 Å². The predicted octanol–water partition coefficient (Wildman–Crippen LogP) is 6.53. The quantitative estimate of drug-likeness (QED) is 0.296. The summed E-state index contributed by atoms with van der Waals surface area (Å²) in [4.78, 5) is 32.5. The fourth-order valence-electron chi connectivity index (χ4n) is 2.97. The summed E-state index contributed by atoms with van der Waals surface area (Å²) in [5.41, 5.74) is 1.15. The van der Waals surface area contributed by atoms with Crippen LogP contribution in [0.25, 0.3) is 0 Å². The highest BCUT2D eigenvalue weighted by molar-refractivity contribution is 9.10. The van der Waals surface area contributed by atoms with Crippen molar-refractivity contribution in [3.63, 3.8) is 0 Å². The van der Waals surface area contributed by atoms with E-state index in [9.17, 15) is 14.7 Å². The second kappa shape index (κ2) is 12.9. The van der Waals surface area contributed by atoms with Gasteiger partial charge >= 0.3 is 12.2 Å². The Kier molecular flexibility index (Phi) is 10.5. The molecule has 0 atom stereocenters. The molecule has 2 N–H and O–H groups in total. The zero-order valence-electron chi connectivity index (χ0n) is 20.9. The Bertz CT molecular complexity index is 1190. The van der Waals surface area contributed by atoms with E-state index >= 15 is 4.39 Å². The zero-order chi connectivity index (χ0) is 27.0. The SMILES string of the molecule is CCc1cc(O)c(F)c(C(=Nc2ccc(Br)c(CNC(=O)OC(C)(C)C)c2)/C(=N/C(=O)OC)SC)c1. The van der Waals surface area contributed by atoms with Crippen LogP contribution < -0.4 is 5.32 Å². The maximum absolute atomic E-state index is 15.1. The normalized spacial score (nSPS) is 12.3. The molecule has 0 fully saturated rings. The highest BCUT2D eigenvalue weighted by Crippen LogP contribution is 2.28. The van der Waals surface area contributed by atoms with Gasteiger partial charge in [0.15, 0.2) is 11.6 Å². The number of nitrogens with one attached hydrogen (secondary N) is 1. The van der Waals surface area contributed by atoms with Gasteiger partial charge in [-0.1, -0.05) is 22.9 Å². The predicted molar refractivity (Wildman–Crippen MR) is 144 cm³/mol. The van der Waals surface area contributed by atoms with Crippen molar-refractivity contribution < 1.29 is 28.6 Å². The summed E-state index contributed by atoms with van der Waals surface area (Å²) in [5, 5.41) is 13.0. The molecule has 2 amide bonds. The van der Waals surface area contributed by atoms with Crippen molar-refractivity contribution in [3.05, 3.63) is 57.3 Å². The van der Waals surface area contributed by atoms with Gasteiger partial charge < -0.3 is 19.9 Å². The standard InChI is InChI=1S/C25H29BrFN3O5S/c1-7-14-10-17(20(27)19(31)11-14)21(22(36-6)30-24(33)34-5)29-16-8-9-18(26)15(12-16)13-28-23(32)35-25(2,3)4/h8-12,31H,7,13H2,1-6H3,(H,28,32)/b29-21?,30-22-. The van der Waals surface area contributed by atoms with Crippen molar-refractivity contribution in [2.45, 2.75) is 46.3 Å². The van der Waals surface area contributed by atoms with E-state index in [-0.39, 0.29) is 22.9 Å². The van der Waals surface area contributed by atoms with Crippen molar-refractivity contribution in [1.29, 1.82) is 0 Å². The van der Waals surface area contributed by atoms with Crippen molar-refractivity contribution >= 4 is 56.3 Å². The molecule has 0 saturated heterocycles. The molecule has 0 radical (unpaired) electrons. The number of benzene rings is 2. The van der Waals surface area contributed by atoms with Crippen LogP contribution in [0.2, 0.25) is 0 Å². The average molecular weight is 582 g/mol. The van der Waals surface area contributed by atoms with Gasteiger partial charge in [-0.15, -0.1) is 11.8 Å². The molecular weight excluding hydrogens is 553 g/mol. The number of carbonyl (C=O) groups is 2. The summed E-state index contributed by atoms with van der Waals surface area (Å²) in [6, 6.07) is 8.00. The van der Waals surface area contributed by atoms with Gasteiger partial charge in [0.05, 0.1) is 12.8 Å². The van der Waals surface area contributed by atoms with E-state index in [4.69, 9.17) is 4.74 Å². The summed E-state index contributed by atoms with van der Waals surface area (Å²) >= 11 is 4.53. The largest absolute Gasteiger partial charge is 0.505 e. The number of amides is 2. The van der Waals surface area contributed by atoms with Crippen LogP contribution in [-0.2, 0) is 22.4 Å². The molecule has 0 aliphatic rings. The van der Waals surface area contributed by atoms with E-state index in [0.29, 0.717) is 27.7 Å². The molecule has 194 valence electrons. The number of aliphatic imine (C=N–C) groups is 2. The second-order valence-corrected chi connectivity index (χ2v) is 10.2. The zero-order valence-corrected chi connectivity index (χ0v) is 23.3. The lowest BCUT2D eigenvalue weighted by atomic mass is 10.0. The minimum absolute atomic E-state index is 0.0137. The van der Waals surface area contributed by atoms with Crippen molar-refractivity contribution in [2.75, 3.05) is 13.4 Å². The van der Waals surface area contributed by atoms with Crippen LogP contribution in [0.4, 0.5) is 19.7 Å². The molecular formula is C25H29BrFN3O5S. The first kappa shape index (κ1) is 29.3. The number of halogens is 2. The van der Waals surface area contributed by atoms with Crippen LogP contribution >= 0.6 is 27.7 Å². The molecule has 0 unspecified atom stereocenters. The number of ether oxygens (including phenoxy) is 2. The fourth-order valence-corrected chi connectivity index (χ4v) is 3.87. The molecule has 11 heteroatoms. The van der Waals surface area contributed by atoms with Crippen molar-refractivity contribution in [1.82, 2.24) is 5.32 Å². The van der Waals surface area contributed by atoms with Gasteiger partial charge in [-0.05, 0) is 74.9 Å². The number of aryl methyl sites for hydroxylation is 1. The van der Waals surface area contributed by atoms with E-state index in [2.05, 4.69) is 36.0 Å². The van der Waals surface area contributed by atoms with Crippen LogP contribution in [0.3, 0.4) is 0 Å². The highest BCUT2D eigenvalue weighted by atomic mass is 79.9. The van der Waals surface area contributed by atoms with Gasteiger partial charge in [0.25, 0.3) is 0 Å². The lowest BCUT2D eigenvalue weighted by Crippen LogP contribution is -2.32. The smallest absolute Gasteiger partial charge is 0.434 e. The monoisotopic (exact) mass is 581 g/mol. The number of rotatable bonds is 6. The third kappa shape index (κ3) is 8.34. The molecule has 0 saturated carbocycles. The number of aromatic hydroxyl groups is 1. The van der Waals surface area contributed by atoms with Crippen LogP contribution in [0.5, 0.6) is 5.75 Å². The number of nitrogens with zero attached hydrogens (tertiary/aromatic N) is 2. The topological polar surface area (TPSA) is 110 Å². The van der Waals surface area contributed by atoms with Gasteiger partial charge in [-0.25, -0.2) is 19.0 Å². The Labute approximate surface area is 222 Å². The lowest BCUT2D eigenvalue weighted by molar-refractivity contribution is 0.0523. The average Bonchev–Trinajstić information content (AvgIpc) is 2.81. The van der Waals surface area contributed by atoms with Gasteiger partial charge in [0.1, 0.15) is 16.4 Å². The number of thioether (sulfide) groups is 1. The summed E-state index contributed by atoms with van der Waals surface area (Å²) in [6.07, 6.45) is 0.751. The van der Waals surface area contributed by atoms with Gasteiger partial charge in [-0.2, -0.15) is 4.99 Å². The highest BCUT2D eigenvalue weighted by Gasteiger charge is 2.21. The molecule has 0 heterocycles. The van der Waals surface area contributed by atoms with E-state index < -0.39 is 29.4 Å². The summed E-state index contributed by atoms with van der Waals surface area (Å²) in [5.74, 6) is -1.42. The molecule has 2 rings (SSSR count). The van der Waals surface area contributed by atoms with Crippen LogP contribution in [0.15, 0.2) is 44.8 Å². The maximum atomic E-state index is 15.1. The van der Waals surface area contributed by atoms with E-state index in [1.807, 2.05) is 6.92 Å². The number of hydrogen-bond donors (Lipinski definition) is 2. The van der Waals surface area contributed by atoms with Crippen molar-refractivity contribution in [2.24, 2.45) is 9.98 Å². The molecule has 0 aliphatic carbocycles. The number of phenols is 1. The fraction of sp³-hybridized carbons (Fsp3) is 0.360. The molecule has 2 aromatic carbocycles. The Morgan fingerprint density at radius 3 is 2.50 bits per heavy atom. The number of phenolic OH excluding ortho intramolecular Hbond substituents is 1.